The second-order valence-electron chi connectivity index (χ2n) is 7.17. The van der Waals surface area contributed by atoms with E-state index in [-0.39, 0.29) is 5.92 Å². The minimum Gasteiger partial charge on any atom is -0.476 e. The summed E-state index contributed by atoms with van der Waals surface area (Å²) in [6.07, 6.45) is 2.07. The van der Waals surface area contributed by atoms with Crippen LogP contribution in [0.3, 0.4) is 0 Å². The molecule has 6 heteroatoms. The fraction of sp³-hybridized carbons (Fsp3) is 0.611. The molecule has 1 aliphatic rings. The van der Waals surface area contributed by atoms with Crippen LogP contribution in [0.15, 0.2) is 0 Å². The van der Waals surface area contributed by atoms with Crippen LogP contribution in [-0.2, 0) is 22.4 Å². The summed E-state index contributed by atoms with van der Waals surface area (Å²) in [6, 6.07) is 0. The van der Waals surface area contributed by atoms with Gasteiger partial charge in [-0.15, -0.1) is 0 Å². The number of aryl methyl sites for hydroxylation is 1. The Hall–Kier alpha value is -2.11. The number of hydrogen-bond acceptors (Lipinski definition) is 5. The molecule has 132 valence electrons. The summed E-state index contributed by atoms with van der Waals surface area (Å²) in [4.78, 5) is 27.1. The van der Waals surface area contributed by atoms with Gasteiger partial charge in [-0.1, -0.05) is 0 Å². The third-order valence-corrected chi connectivity index (χ3v) is 3.98. The van der Waals surface area contributed by atoms with Gasteiger partial charge in [0, 0.05) is 17.2 Å². The number of aromatic nitrogens is 1. The molecule has 0 spiro atoms. The van der Waals surface area contributed by atoms with Crippen LogP contribution in [0, 0.1) is 19.8 Å². The number of pyridine rings is 1. The maximum Gasteiger partial charge on any atom is 0.407 e. The number of carbonyl (C=O) groups is 2. The smallest absolute Gasteiger partial charge is 0.407 e. The summed E-state index contributed by atoms with van der Waals surface area (Å²) in [6.45, 7) is 10.0. The van der Waals surface area contributed by atoms with Gasteiger partial charge in [0.15, 0.2) is 0 Å². The van der Waals surface area contributed by atoms with Gasteiger partial charge in [0.2, 0.25) is 5.88 Å². The fourth-order valence-corrected chi connectivity index (χ4v) is 2.87. The van der Waals surface area contributed by atoms with Gasteiger partial charge in [-0.2, -0.15) is 0 Å². The van der Waals surface area contributed by atoms with Crippen LogP contribution < -0.4 is 10.1 Å². The van der Waals surface area contributed by atoms with Crippen molar-refractivity contribution in [1.29, 1.82) is 0 Å². The quantitative estimate of drug-likeness (QED) is 0.661. The van der Waals surface area contributed by atoms with Gasteiger partial charge in [0.25, 0.3) is 0 Å². The second-order valence-corrected chi connectivity index (χ2v) is 7.17. The van der Waals surface area contributed by atoms with Crippen LogP contribution in [0.5, 0.6) is 5.88 Å². The van der Waals surface area contributed by atoms with Gasteiger partial charge in [-0.05, 0) is 58.6 Å². The third kappa shape index (κ3) is 4.46. The van der Waals surface area contributed by atoms with Crippen LogP contribution >= 0.6 is 0 Å². The van der Waals surface area contributed by atoms with Gasteiger partial charge < -0.3 is 19.6 Å². The summed E-state index contributed by atoms with van der Waals surface area (Å²) in [5.74, 6) is 0.618. The van der Waals surface area contributed by atoms with Crippen molar-refractivity contribution in [2.75, 3.05) is 13.2 Å². The minimum absolute atomic E-state index is 0.0447. The van der Waals surface area contributed by atoms with Crippen LogP contribution in [0.2, 0.25) is 0 Å². The first-order valence-electron chi connectivity index (χ1n) is 8.25. The molecule has 0 fully saturated rings. The van der Waals surface area contributed by atoms with Crippen LogP contribution in [0.4, 0.5) is 4.79 Å². The number of ether oxygens (including phenoxy) is 2. The predicted octanol–water partition coefficient (Wildman–Crippen LogP) is 2.52. The van der Waals surface area contributed by atoms with E-state index in [0.717, 1.165) is 30.4 Å². The standard InChI is InChI=1S/C18H26N2O4/c1-11-14-8-13(10-21)9-15(14)12(2)20-16(11)23-7-6-19-17(22)24-18(3,4)5/h10,13H,6-9H2,1-5H3,(H,19,22). The first kappa shape index (κ1) is 18.2. The number of fused-ring (bicyclic) bond motifs is 1. The molecule has 0 aromatic carbocycles. The summed E-state index contributed by atoms with van der Waals surface area (Å²) in [5, 5.41) is 2.65. The van der Waals surface area contributed by atoms with Gasteiger partial charge in [0.1, 0.15) is 18.5 Å². The summed E-state index contributed by atoms with van der Waals surface area (Å²) >= 11 is 0. The summed E-state index contributed by atoms with van der Waals surface area (Å²) in [7, 11) is 0. The molecular formula is C18H26N2O4. The van der Waals surface area contributed by atoms with Crippen molar-refractivity contribution < 1.29 is 19.1 Å². The molecule has 1 amide bonds. The maximum atomic E-state index is 11.6. The molecule has 1 unspecified atom stereocenters. The van der Waals surface area contributed by atoms with Crippen molar-refractivity contribution in [3.63, 3.8) is 0 Å². The van der Waals surface area contributed by atoms with E-state index in [1.165, 1.54) is 11.1 Å². The first-order valence-corrected chi connectivity index (χ1v) is 8.25. The average Bonchev–Trinajstić information content (AvgIpc) is 2.91. The minimum atomic E-state index is -0.519. The Morgan fingerprint density at radius 2 is 1.96 bits per heavy atom. The highest BCUT2D eigenvalue weighted by Crippen LogP contribution is 2.33. The van der Waals surface area contributed by atoms with E-state index in [9.17, 15) is 9.59 Å². The topological polar surface area (TPSA) is 77.5 Å². The third-order valence-electron chi connectivity index (χ3n) is 3.98. The molecule has 1 aromatic rings. The lowest BCUT2D eigenvalue weighted by atomic mass is 10.0. The monoisotopic (exact) mass is 334 g/mol. The van der Waals surface area contributed by atoms with E-state index >= 15 is 0 Å². The number of aldehydes is 1. The molecule has 1 aromatic heterocycles. The number of rotatable bonds is 5. The van der Waals surface area contributed by atoms with Crippen molar-refractivity contribution >= 4 is 12.4 Å². The Balaban J connectivity index is 1.92. The Bertz CT molecular complexity index is 635. The zero-order valence-electron chi connectivity index (χ0n) is 15.1. The molecule has 1 aliphatic carbocycles. The van der Waals surface area contributed by atoms with Crippen LogP contribution in [-0.4, -0.2) is 36.1 Å². The Morgan fingerprint density at radius 1 is 1.29 bits per heavy atom. The molecule has 24 heavy (non-hydrogen) atoms. The van der Waals surface area contributed by atoms with Crippen molar-refractivity contribution in [3.8, 4) is 5.88 Å². The highest BCUT2D eigenvalue weighted by molar-refractivity contribution is 5.67. The fourth-order valence-electron chi connectivity index (χ4n) is 2.87. The number of nitrogens with one attached hydrogen (secondary N) is 1. The van der Waals surface area contributed by atoms with Crippen LogP contribution in [0.1, 0.15) is 43.2 Å². The Labute approximate surface area is 142 Å². The molecule has 0 saturated heterocycles. The van der Waals surface area contributed by atoms with E-state index in [4.69, 9.17) is 9.47 Å². The molecule has 1 atom stereocenters. The zero-order chi connectivity index (χ0) is 17.9. The molecule has 0 bridgehead atoms. The number of nitrogens with zero attached hydrogens (tertiary/aromatic N) is 1. The zero-order valence-corrected chi connectivity index (χ0v) is 15.1. The van der Waals surface area contributed by atoms with Crippen molar-refractivity contribution in [2.24, 2.45) is 5.92 Å². The van der Waals surface area contributed by atoms with Crippen molar-refractivity contribution in [1.82, 2.24) is 10.3 Å². The maximum absolute atomic E-state index is 11.6. The van der Waals surface area contributed by atoms with Crippen LogP contribution in [0.25, 0.3) is 0 Å². The van der Waals surface area contributed by atoms with E-state index in [0.29, 0.717) is 19.0 Å². The number of hydrogen-bond donors (Lipinski definition) is 1. The lowest BCUT2D eigenvalue weighted by Gasteiger charge is -2.19. The molecule has 1 N–H and O–H groups in total. The predicted molar refractivity (Wildman–Crippen MR) is 90.4 cm³/mol. The lowest BCUT2D eigenvalue weighted by Crippen LogP contribution is -2.34. The Kier molecular flexibility index (Phi) is 5.47. The summed E-state index contributed by atoms with van der Waals surface area (Å²) < 4.78 is 10.9. The lowest BCUT2D eigenvalue weighted by molar-refractivity contribution is -0.110. The van der Waals surface area contributed by atoms with Gasteiger partial charge >= 0.3 is 6.09 Å². The van der Waals surface area contributed by atoms with E-state index in [1.807, 2.05) is 34.6 Å². The second kappa shape index (κ2) is 7.20. The first-order chi connectivity index (χ1) is 11.2. The Morgan fingerprint density at radius 3 is 2.58 bits per heavy atom. The van der Waals surface area contributed by atoms with E-state index < -0.39 is 11.7 Å². The molecule has 0 saturated carbocycles. The van der Waals surface area contributed by atoms with E-state index in [2.05, 4.69) is 10.3 Å². The molecular weight excluding hydrogens is 308 g/mol. The molecule has 1 heterocycles. The van der Waals surface area contributed by atoms with Gasteiger partial charge in [-0.3, -0.25) is 0 Å². The van der Waals surface area contributed by atoms with E-state index in [1.54, 1.807) is 0 Å². The SMILES string of the molecule is Cc1nc(OCCNC(=O)OC(C)(C)C)c(C)c2c1CC(C=O)C2. The summed E-state index contributed by atoms with van der Waals surface area (Å²) in [5.41, 5.74) is 3.72. The highest BCUT2D eigenvalue weighted by Gasteiger charge is 2.27. The number of amides is 1. The van der Waals surface area contributed by atoms with Gasteiger partial charge in [0.05, 0.1) is 6.54 Å². The molecule has 0 aliphatic heterocycles. The molecule has 0 radical (unpaired) electrons. The average molecular weight is 334 g/mol. The largest absolute Gasteiger partial charge is 0.476 e. The molecule has 6 nitrogen and oxygen atoms in total. The molecule has 2 rings (SSSR count). The number of alkyl carbamates (subject to hydrolysis) is 1. The number of carbonyl (C=O) groups excluding carboxylic acids is 2. The highest BCUT2D eigenvalue weighted by atomic mass is 16.6. The normalized spacial score (nSPS) is 16.5. The van der Waals surface area contributed by atoms with Crippen molar-refractivity contribution in [3.05, 3.63) is 22.4 Å². The van der Waals surface area contributed by atoms with Gasteiger partial charge in [-0.25, -0.2) is 9.78 Å². The van der Waals surface area contributed by atoms with Crippen molar-refractivity contribution in [2.45, 2.75) is 53.1 Å².